The average Bonchev–Trinajstić information content (AvgIpc) is 3.27. The Kier molecular flexibility index (Phi) is 6.13. The second-order valence-corrected chi connectivity index (χ2v) is 16.5. The van der Waals surface area contributed by atoms with Crippen LogP contribution in [0.25, 0.3) is 5.82 Å². The second kappa shape index (κ2) is 8.12. The summed E-state index contributed by atoms with van der Waals surface area (Å²) in [4.78, 5) is 16.8. The number of aryl methyl sites for hydroxylation is 2. The van der Waals surface area contributed by atoms with Crippen LogP contribution in [0.2, 0.25) is 23.3 Å². The average molecular weight is 495 g/mol. The quantitative estimate of drug-likeness (QED) is 0.431. The molecule has 3 heterocycles. The number of carbonyl (C=O) groups is 1. The Hall–Kier alpha value is -2.50. The van der Waals surface area contributed by atoms with Gasteiger partial charge >= 0.3 is 0 Å². The number of pyridine rings is 1. The van der Waals surface area contributed by atoms with Gasteiger partial charge in [0.1, 0.15) is 18.1 Å². The number of aromatic nitrogens is 5. The van der Waals surface area contributed by atoms with E-state index in [1.54, 1.807) is 24.7 Å². The first-order valence-corrected chi connectivity index (χ1v) is 14.8. The molecule has 32 heavy (non-hydrogen) atoms. The van der Waals surface area contributed by atoms with Crippen molar-refractivity contribution in [3.05, 3.63) is 47.0 Å². The highest BCUT2D eigenvalue weighted by Crippen LogP contribution is 2.35. The molecule has 0 spiro atoms. The number of rotatable bonds is 5. The minimum atomic E-state index is -4.11. The van der Waals surface area contributed by atoms with Gasteiger partial charge in [0.25, 0.3) is 15.9 Å². The zero-order valence-corrected chi connectivity index (χ0v) is 21.7. The van der Waals surface area contributed by atoms with E-state index >= 15 is 0 Å². The smallest absolute Gasteiger partial charge is 0.268 e. The number of amides is 1. The molecule has 0 aliphatic heterocycles. The van der Waals surface area contributed by atoms with Crippen molar-refractivity contribution in [2.45, 2.75) is 50.7 Å². The van der Waals surface area contributed by atoms with Gasteiger partial charge in [0, 0.05) is 24.8 Å². The Labute approximate surface area is 193 Å². The first kappa shape index (κ1) is 24.1. The van der Waals surface area contributed by atoms with Gasteiger partial charge in [-0.1, -0.05) is 45.5 Å². The lowest BCUT2D eigenvalue weighted by molar-refractivity contribution is 0.0981. The molecule has 0 fully saturated rings. The van der Waals surface area contributed by atoms with Gasteiger partial charge in [-0.25, -0.2) is 22.8 Å². The van der Waals surface area contributed by atoms with Gasteiger partial charge in [-0.3, -0.25) is 9.48 Å². The maximum atomic E-state index is 12.6. The molecule has 3 aromatic rings. The van der Waals surface area contributed by atoms with Gasteiger partial charge in [0.15, 0.2) is 5.82 Å². The van der Waals surface area contributed by atoms with Gasteiger partial charge in [-0.2, -0.15) is 10.2 Å². The van der Waals surface area contributed by atoms with E-state index in [-0.39, 0.29) is 26.3 Å². The number of halogens is 1. The van der Waals surface area contributed by atoms with Crippen LogP contribution in [0.3, 0.4) is 0 Å². The number of hydrogen-bond acceptors (Lipinski definition) is 6. The summed E-state index contributed by atoms with van der Waals surface area (Å²) < 4.78 is 30.1. The van der Waals surface area contributed by atoms with Gasteiger partial charge in [-0.15, -0.1) is 0 Å². The molecule has 172 valence electrons. The SMILES string of the molecule is Cc1nn(C)cc1S(=O)(=O)NC(=O)c1ccc(-n2ccc([Si](C)(C)C(C)(C)C)n2)nc1Cl. The van der Waals surface area contributed by atoms with E-state index in [1.807, 2.05) is 17.0 Å². The molecule has 3 rings (SSSR count). The minimum Gasteiger partial charge on any atom is -0.274 e. The van der Waals surface area contributed by atoms with Crippen LogP contribution in [-0.2, 0) is 17.1 Å². The summed E-state index contributed by atoms with van der Waals surface area (Å²) >= 11 is 6.24. The lowest BCUT2D eigenvalue weighted by atomic mass is 10.2. The molecule has 3 aromatic heterocycles. The molecule has 0 aliphatic carbocycles. The maximum absolute atomic E-state index is 12.6. The molecule has 0 bridgehead atoms. The van der Waals surface area contributed by atoms with Crippen molar-refractivity contribution in [3.63, 3.8) is 0 Å². The fourth-order valence-corrected chi connectivity index (χ4v) is 6.00. The number of carbonyl (C=O) groups excluding carboxylic acids is 1. The highest BCUT2D eigenvalue weighted by Gasteiger charge is 2.39. The van der Waals surface area contributed by atoms with Crippen molar-refractivity contribution in [3.8, 4) is 5.82 Å². The Bertz CT molecular complexity index is 1290. The van der Waals surface area contributed by atoms with Crippen LogP contribution in [0.4, 0.5) is 0 Å². The summed E-state index contributed by atoms with van der Waals surface area (Å²) in [6.07, 6.45) is 3.13. The van der Waals surface area contributed by atoms with E-state index in [4.69, 9.17) is 16.7 Å². The summed E-state index contributed by atoms with van der Waals surface area (Å²) in [6.45, 7) is 12.7. The first-order chi connectivity index (χ1) is 14.6. The lowest BCUT2D eigenvalue weighted by Gasteiger charge is -2.35. The number of nitrogens with zero attached hydrogens (tertiary/aromatic N) is 5. The van der Waals surface area contributed by atoms with E-state index < -0.39 is 24.0 Å². The van der Waals surface area contributed by atoms with Crippen LogP contribution in [0, 0.1) is 6.92 Å². The van der Waals surface area contributed by atoms with E-state index in [2.05, 4.69) is 43.9 Å². The van der Waals surface area contributed by atoms with E-state index in [0.717, 1.165) is 5.32 Å². The van der Waals surface area contributed by atoms with Crippen molar-refractivity contribution >= 4 is 40.9 Å². The number of hydrogen-bond donors (Lipinski definition) is 1. The van der Waals surface area contributed by atoms with Crippen molar-refractivity contribution in [1.82, 2.24) is 29.3 Å². The van der Waals surface area contributed by atoms with Gasteiger partial charge in [-0.05, 0) is 30.2 Å². The molecule has 1 N–H and O–H groups in total. The third-order valence-corrected chi connectivity index (χ3v) is 12.9. The molecule has 1 amide bonds. The fraction of sp³-hybridized carbons (Fsp3) is 0.400. The number of sulfonamides is 1. The van der Waals surface area contributed by atoms with Crippen LogP contribution < -0.4 is 10.0 Å². The predicted octanol–water partition coefficient (Wildman–Crippen LogP) is 2.80. The van der Waals surface area contributed by atoms with Crippen LogP contribution in [0.15, 0.2) is 35.5 Å². The summed E-state index contributed by atoms with van der Waals surface area (Å²) in [6, 6.07) is 4.99. The van der Waals surface area contributed by atoms with Crippen LogP contribution in [0.5, 0.6) is 0 Å². The second-order valence-electron chi connectivity index (χ2n) is 9.22. The molecule has 9 nitrogen and oxygen atoms in total. The van der Waals surface area contributed by atoms with E-state index in [1.165, 1.54) is 16.9 Å². The predicted molar refractivity (Wildman–Crippen MR) is 126 cm³/mol. The third-order valence-electron chi connectivity index (χ3n) is 5.90. The van der Waals surface area contributed by atoms with Crippen molar-refractivity contribution in [2.24, 2.45) is 7.05 Å². The standard InChI is InChI=1S/C20H27ClN6O3SSi/c1-13-15(12-26(5)23-13)31(29,30)25-19(28)14-8-9-16(22-18(14)21)27-11-10-17(24-27)32(6,7)20(2,3)4/h8-12H,1-7H3,(H,25,28). The maximum Gasteiger partial charge on any atom is 0.268 e. The summed E-state index contributed by atoms with van der Waals surface area (Å²) in [5, 5.41) is 9.72. The van der Waals surface area contributed by atoms with Gasteiger partial charge < -0.3 is 0 Å². The monoisotopic (exact) mass is 494 g/mol. The Morgan fingerprint density at radius 2 is 1.81 bits per heavy atom. The highest BCUT2D eigenvalue weighted by molar-refractivity contribution is 7.90. The molecule has 0 aromatic carbocycles. The lowest BCUT2D eigenvalue weighted by Crippen LogP contribution is -2.50. The van der Waals surface area contributed by atoms with Crippen molar-refractivity contribution < 1.29 is 13.2 Å². The first-order valence-electron chi connectivity index (χ1n) is 9.94. The number of nitrogens with one attached hydrogen (secondary N) is 1. The summed E-state index contributed by atoms with van der Waals surface area (Å²) in [5.74, 6) is -0.442. The van der Waals surface area contributed by atoms with Gasteiger partial charge in [0.05, 0.1) is 11.3 Å². The molecule has 0 unspecified atom stereocenters. The van der Waals surface area contributed by atoms with Crippen LogP contribution >= 0.6 is 11.6 Å². The zero-order valence-electron chi connectivity index (χ0n) is 19.1. The molecule has 0 saturated heterocycles. The molecule has 0 saturated carbocycles. The zero-order chi connectivity index (χ0) is 24.1. The van der Waals surface area contributed by atoms with E-state index in [9.17, 15) is 13.2 Å². The highest BCUT2D eigenvalue weighted by atomic mass is 35.5. The topological polar surface area (TPSA) is 112 Å². The molecule has 12 heteroatoms. The van der Waals surface area contributed by atoms with Crippen LogP contribution in [0.1, 0.15) is 36.8 Å². The molecule has 0 radical (unpaired) electrons. The molecular formula is C20H27ClN6O3SSi. The Morgan fingerprint density at radius 1 is 1.16 bits per heavy atom. The summed E-state index contributed by atoms with van der Waals surface area (Å²) in [5.41, 5.74) is 0.223. The minimum absolute atomic E-state index is 0.0580. The van der Waals surface area contributed by atoms with Crippen molar-refractivity contribution in [2.75, 3.05) is 0 Å². The van der Waals surface area contributed by atoms with Crippen LogP contribution in [-0.4, -0.2) is 46.9 Å². The normalized spacial score (nSPS) is 12.8. The van der Waals surface area contributed by atoms with Crippen molar-refractivity contribution in [1.29, 1.82) is 0 Å². The largest absolute Gasteiger partial charge is 0.274 e. The molecular weight excluding hydrogens is 468 g/mol. The third kappa shape index (κ3) is 4.50. The Morgan fingerprint density at radius 3 is 2.34 bits per heavy atom. The Balaban J connectivity index is 1.86. The van der Waals surface area contributed by atoms with E-state index in [0.29, 0.717) is 5.82 Å². The molecule has 0 aliphatic rings. The molecule has 0 atom stereocenters. The van der Waals surface area contributed by atoms with Gasteiger partial charge in [0.2, 0.25) is 0 Å². The summed E-state index contributed by atoms with van der Waals surface area (Å²) in [7, 11) is -4.34. The fourth-order valence-electron chi connectivity index (χ4n) is 2.96.